The van der Waals surface area contributed by atoms with E-state index >= 15 is 0 Å². The summed E-state index contributed by atoms with van der Waals surface area (Å²) in [4.78, 5) is 9.22. The van der Waals surface area contributed by atoms with Gasteiger partial charge in [-0.05, 0) is 45.2 Å². The number of hydrogen-bond donors (Lipinski definition) is 0. The van der Waals surface area contributed by atoms with Gasteiger partial charge < -0.3 is 14.4 Å². The molecule has 1 radical (unpaired) electrons. The van der Waals surface area contributed by atoms with Crippen molar-refractivity contribution in [2.45, 2.75) is 46.3 Å². The minimum atomic E-state index is -1.24. The summed E-state index contributed by atoms with van der Waals surface area (Å²) in [5.74, 6) is 0.432. The summed E-state index contributed by atoms with van der Waals surface area (Å²) in [7, 11) is -1.24. The summed E-state index contributed by atoms with van der Waals surface area (Å²) >= 11 is 0. The van der Waals surface area contributed by atoms with Crippen molar-refractivity contribution >= 4 is 35.2 Å². The van der Waals surface area contributed by atoms with Crippen molar-refractivity contribution in [3.63, 3.8) is 0 Å². The second-order valence-corrected chi connectivity index (χ2v) is 19.4. The summed E-state index contributed by atoms with van der Waals surface area (Å²) in [6, 6.07) is 50.8. The molecule has 3 nitrogen and oxygen atoms in total. The smallest absolute Gasteiger partial charge is 0.128 e. The second kappa shape index (κ2) is 15.8. The maximum absolute atomic E-state index is 6.57. The first kappa shape index (κ1) is 36.8. The molecule has 8 aromatic rings. The van der Waals surface area contributed by atoms with Crippen molar-refractivity contribution in [2.75, 3.05) is 0 Å². The molecule has 0 amide bonds. The third-order valence-corrected chi connectivity index (χ3v) is 11.4. The van der Waals surface area contributed by atoms with Crippen LogP contribution in [-0.2, 0) is 20.1 Å². The Kier molecular flexibility index (Phi) is 11.2. The molecule has 0 fully saturated rings. The van der Waals surface area contributed by atoms with Crippen LogP contribution in [0.15, 0.2) is 144 Å². The third kappa shape index (κ3) is 7.78. The van der Waals surface area contributed by atoms with Gasteiger partial charge >= 0.3 is 0 Å². The van der Waals surface area contributed by atoms with Crippen LogP contribution in [0.4, 0.5) is 0 Å². The zero-order chi connectivity index (χ0) is 35.5. The molecule has 0 unspecified atom stereocenters. The SMILES string of the molecule is CC(C)c1ccnc(-c2[c-]ccc3c2oc2c(-c4ccc(-c5ccccc5)cc4)cccc23)c1.Cc1ccc[c-]c1-c1ccc([Si](C)(C)C)cn1.[Ir]. The van der Waals surface area contributed by atoms with Crippen LogP contribution >= 0.6 is 0 Å². The van der Waals surface area contributed by atoms with Crippen molar-refractivity contribution < 1.29 is 24.5 Å². The van der Waals surface area contributed by atoms with E-state index in [1.807, 2.05) is 36.7 Å². The first-order valence-electron chi connectivity index (χ1n) is 17.6. The number of benzene rings is 5. The number of nitrogens with zero attached hydrogens (tertiary/aromatic N) is 2. The minimum Gasteiger partial charge on any atom is -0.500 e. The summed E-state index contributed by atoms with van der Waals surface area (Å²) in [5, 5.41) is 3.59. The van der Waals surface area contributed by atoms with Gasteiger partial charge in [0.15, 0.2) is 0 Å². The van der Waals surface area contributed by atoms with Gasteiger partial charge in [0.05, 0.1) is 13.7 Å². The molecular weight excluding hydrogens is 829 g/mol. The van der Waals surface area contributed by atoms with Gasteiger partial charge in [-0.15, -0.1) is 53.6 Å². The van der Waals surface area contributed by atoms with E-state index in [0.717, 1.165) is 55.6 Å². The maximum Gasteiger partial charge on any atom is 0.128 e. The van der Waals surface area contributed by atoms with Crippen LogP contribution in [0.1, 0.15) is 30.9 Å². The largest absolute Gasteiger partial charge is 0.500 e. The van der Waals surface area contributed by atoms with Crippen molar-refractivity contribution in [1.29, 1.82) is 0 Å². The summed E-state index contributed by atoms with van der Waals surface area (Å²) in [6.45, 7) is 13.5. The number of hydrogen-bond acceptors (Lipinski definition) is 3. The average molecular weight is 871 g/mol. The molecule has 0 bridgehead atoms. The van der Waals surface area contributed by atoms with E-state index in [2.05, 4.69) is 166 Å². The van der Waals surface area contributed by atoms with E-state index in [1.165, 1.54) is 27.4 Å². The second-order valence-electron chi connectivity index (χ2n) is 14.4. The van der Waals surface area contributed by atoms with Crippen molar-refractivity contribution in [3.8, 4) is 44.8 Å². The molecule has 0 aliphatic rings. The molecule has 261 valence electrons. The predicted molar refractivity (Wildman–Crippen MR) is 217 cm³/mol. The zero-order valence-electron chi connectivity index (χ0n) is 30.5. The van der Waals surface area contributed by atoms with Crippen molar-refractivity contribution in [2.24, 2.45) is 0 Å². The van der Waals surface area contributed by atoms with Gasteiger partial charge in [-0.3, -0.25) is 0 Å². The Balaban J connectivity index is 0.000000218. The Hall–Kier alpha value is -4.93. The Morgan fingerprint density at radius 3 is 2.02 bits per heavy atom. The zero-order valence-corrected chi connectivity index (χ0v) is 33.9. The summed E-state index contributed by atoms with van der Waals surface area (Å²) < 4.78 is 6.57. The fourth-order valence-corrected chi connectivity index (χ4v) is 7.41. The van der Waals surface area contributed by atoms with Crippen LogP contribution in [-0.4, -0.2) is 18.0 Å². The first-order chi connectivity index (χ1) is 24.7. The number of para-hydroxylation sites is 1. The Labute approximate surface area is 322 Å². The molecule has 0 saturated heterocycles. The first-order valence-corrected chi connectivity index (χ1v) is 21.1. The number of aromatic nitrogens is 2. The summed E-state index contributed by atoms with van der Waals surface area (Å²) in [6.07, 6.45) is 3.90. The predicted octanol–water partition coefficient (Wildman–Crippen LogP) is 12.3. The Morgan fingerprint density at radius 1 is 0.615 bits per heavy atom. The van der Waals surface area contributed by atoms with Crippen molar-refractivity contribution in [3.05, 3.63) is 163 Å². The van der Waals surface area contributed by atoms with Gasteiger partial charge in [-0.25, -0.2) is 0 Å². The van der Waals surface area contributed by atoms with Crippen LogP contribution in [0, 0.1) is 19.1 Å². The number of fused-ring (bicyclic) bond motifs is 3. The van der Waals surface area contributed by atoms with E-state index in [9.17, 15) is 0 Å². The van der Waals surface area contributed by atoms with Gasteiger partial charge in [0, 0.05) is 43.4 Å². The standard InChI is InChI=1S/C32H24NO.C15H18NSi.Ir/c1-21(2)25-18-19-33-30(20-25)29-13-7-12-28-27-11-6-10-26(31(27)34-32(28)29)24-16-14-23(15-17-24)22-8-4-3-5-9-22;1-12-7-5-6-8-14(12)15-10-9-13(11-16-15)17(2,3)4;/h3-12,14-21H,1-2H3;5-7,9-11H,1-4H3;/q2*-1;. The molecule has 3 aromatic heterocycles. The molecule has 8 rings (SSSR count). The number of aryl methyl sites for hydroxylation is 1. The summed E-state index contributed by atoms with van der Waals surface area (Å²) in [5.41, 5.74) is 12.8. The molecule has 0 spiro atoms. The molecule has 0 aliphatic carbocycles. The van der Waals surface area contributed by atoms with Gasteiger partial charge in [0.2, 0.25) is 0 Å². The molecule has 52 heavy (non-hydrogen) atoms. The number of furan rings is 1. The maximum atomic E-state index is 6.57. The molecule has 0 aliphatic heterocycles. The van der Waals surface area contributed by atoms with Gasteiger partial charge in [0.25, 0.3) is 0 Å². The molecule has 5 aromatic carbocycles. The molecule has 0 atom stereocenters. The van der Waals surface area contributed by atoms with Crippen LogP contribution in [0.3, 0.4) is 0 Å². The van der Waals surface area contributed by atoms with E-state index in [4.69, 9.17) is 4.42 Å². The fourth-order valence-electron chi connectivity index (χ4n) is 6.38. The number of pyridine rings is 2. The van der Waals surface area contributed by atoms with E-state index in [-0.39, 0.29) is 20.1 Å². The van der Waals surface area contributed by atoms with E-state index in [1.54, 1.807) is 0 Å². The Morgan fingerprint density at radius 2 is 1.33 bits per heavy atom. The van der Waals surface area contributed by atoms with Crippen LogP contribution in [0.2, 0.25) is 19.6 Å². The third-order valence-electron chi connectivity index (χ3n) is 9.42. The molecule has 0 saturated carbocycles. The van der Waals surface area contributed by atoms with E-state index < -0.39 is 8.07 Å². The number of rotatable bonds is 6. The van der Waals surface area contributed by atoms with Crippen LogP contribution in [0.25, 0.3) is 66.7 Å². The molecule has 5 heteroatoms. The van der Waals surface area contributed by atoms with Gasteiger partial charge in [-0.2, -0.15) is 0 Å². The topological polar surface area (TPSA) is 38.9 Å². The normalized spacial score (nSPS) is 11.3. The quantitative estimate of drug-likeness (QED) is 0.123. The Bertz CT molecular complexity index is 2430. The monoisotopic (exact) mass is 871 g/mol. The van der Waals surface area contributed by atoms with Gasteiger partial charge in [0.1, 0.15) is 5.58 Å². The molecular formula is C47H42IrN2OSi-2. The van der Waals surface area contributed by atoms with Gasteiger partial charge in [-0.1, -0.05) is 148 Å². The average Bonchev–Trinajstić information content (AvgIpc) is 3.55. The minimum absolute atomic E-state index is 0. The molecule has 3 heterocycles. The molecule has 0 N–H and O–H groups in total. The van der Waals surface area contributed by atoms with Crippen molar-refractivity contribution in [1.82, 2.24) is 9.97 Å². The van der Waals surface area contributed by atoms with E-state index in [0.29, 0.717) is 5.92 Å². The fraction of sp³-hybridized carbons (Fsp3) is 0.149. The van der Waals surface area contributed by atoms with Crippen LogP contribution < -0.4 is 5.19 Å². The van der Waals surface area contributed by atoms with Crippen LogP contribution in [0.5, 0.6) is 0 Å².